The van der Waals surface area contributed by atoms with Crippen LogP contribution in [0.3, 0.4) is 0 Å². The van der Waals surface area contributed by atoms with Gasteiger partial charge >= 0.3 is 6.03 Å². The Hall–Kier alpha value is -1.95. The number of nitrogens with one attached hydrogen (secondary N) is 2. The van der Waals surface area contributed by atoms with Gasteiger partial charge in [-0.3, -0.25) is 4.79 Å². The summed E-state index contributed by atoms with van der Waals surface area (Å²) in [7, 11) is 1.47. The second kappa shape index (κ2) is 6.29. The minimum atomic E-state index is -0.762. The lowest BCUT2D eigenvalue weighted by atomic mass is 10.2. The molecule has 7 heteroatoms. The van der Waals surface area contributed by atoms with E-state index in [0.717, 1.165) is 5.56 Å². The van der Waals surface area contributed by atoms with Crippen molar-refractivity contribution in [3.63, 3.8) is 0 Å². The fourth-order valence-corrected chi connectivity index (χ4v) is 1.60. The van der Waals surface area contributed by atoms with E-state index in [4.69, 9.17) is 22.1 Å². The number of ether oxygens (including phenoxy) is 1. The summed E-state index contributed by atoms with van der Waals surface area (Å²) in [5.74, 6) is 0.0362. The molecule has 1 aromatic carbocycles. The highest BCUT2D eigenvalue weighted by molar-refractivity contribution is 6.31. The van der Waals surface area contributed by atoms with Crippen molar-refractivity contribution in [3.05, 3.63) is 22.7 Å². The topological polar surface area (TPSA) is 93.4 Å². The number of rotatable bonds is 4. The molecule has 0 radical (unpaired) electrons. The quantitative estimate of drug-likeness (QED) is 0.785. The first-order chi connectivity index (χ1) is 8.85. The number of hydrogen-bond donors (Lipinski definition) is 3. The van der Waals surface area contributed by atoms with Gasteiger partial charge in [-0.15, -0.1) is 0 Å². The minimum Gasteiger partial charge on any atom is -0.495 e. The van der Waals surface area contributed by atoms with E-state index < -0.39 is 18.0 Å². The van der Waals surface area contributed by atoms with Gasteiger partial charge in [0.05, 0.1) is 12.8 Å². The molecule has 0 aliphatic heterocycles. The first-order valence-corrected chi connectivity index (χ1v) is 5.94. The monoisotopic (exact) mass is 285 g/mol. The Morgan fingerprint density at radius 3 is 2.58 bits per heavy atom. The lowest BCUT2D eigenvalue weighted by Crippen LogP contribution is -2.44. The smallest absolute Gasteiger partial charge is 0.312 e. The highest BCUT2D eigenvalue weighted by Crippen LogP contribution is 2.30. The molecule has 1 unspecified atom stereocenters. The van der Waals surface area contributed by atoms with Crippen molar-refractivity contribution >= 4 is 29.2 Å². The van der Waals surface area contributed by atoms with Crippen molar-refractivity contribution in [2.75, 3.05) is 12.4 Å². The number of urea groups is 1. The standard InChI is InChI=1S/C12H16ClN3O3/c1-6-4-9(10(19-3)5-8(6)13)16-11(17)7(2)15-12(14)18/h4-5,7H,1-3H3,(H,16,17)(H3,14,15,18). The molecule has 6 nitrogen and oxygen atoms in total. The van der Waals surface area contributed by atoms with Gasteiger partial charge in [-0.1, -0.05) is 11.6 Å². The van der Waals surface area contributed by atoms with E-state index in [-0.39, 0.29) is 0 Å². The van der Waals surface area contributed by atoms with Crippen LogP contribution in [0.5, 0.6) is 5.75 Å². The summed E-state index contributed by atoms with van der Waals surface area (Å²) in [5.41, 5.74) is 6.23. The van der Waals surface area contributed by atoms with Gasteiger partial charge in [-0.25, -0.2) is 4.79 Å². The maximum atomic E-state index is 11.8. The number of amides is 3. The van der Waals surface area contributed by atoms with Gasteiger partial charge in [0.25, 0.3) is 0 Å². The molecule has 0 aromatic heterocycles. The van der Waals surface area contributed by atoms with Crippen LogP contribution < -0.4 is 21.1 Å². The molecule has 3 amide bonds. The van der Waals surface area contributed by atoms with Crippen molar-refractivity contribution in [1.29, 1.82) is 0 Å². The van der Waals surface area contributed by atoms with Crippen molar-refractivity contribution in [3.8, 4) is 5.75 Å². The molecular weight excluding hydrogens is 270 g/mol. The van der Waals surface area contributed by atoms with Crippen LogP contribution in [0, 0.1) is 6.92 Å². The fourth-order valence-electron chi connectivity index (χ4n) is 1.45. The van der Waals surface area contributed by atoms with E-state index >= 15 is 0 Å². The predicted octanol–water partition coefficient (Wildman–Crippen LogP) is 1.65. The van der Waals surface area contributed by atoms with E-state index in [1.54, 1.807) is 12.1 Å². The summed E-state index contributed by atoms with van der Waals surface area (Å²) >= 11 is 5.97. The van der Waals surface area contributed by atoms with E-state index in [2.05, 4.69) is 10.6 Å². The van der Waals surface area contributed by atoms with Crippen molar-refractivity contribution in [1.82, 2.24) is 5.32 Å². The normalized spacial score (nSPS) is 11.6. The highest BCUT2D eigenvalue weighted by Gasteiger charge is 2.16. The molecule has 104 valence electrons. The Bertz CT molecular complexity index is 505. The SMILES string of the molecule is COc1cc(Cl)c(C)cc1NC(=O)C(C)NC(N)=O. The number of carbonyl (C=O) groups is 2. The van der Waals surface area contributed by atoms with Gasteiger partial charge in [0.2, 0.25) is 5.91 Å². The Labute approximate surface area is 116 Å². The van der Waals surface area contributed by atoms with Crippen LogP contribution in [0.25, 0.3) is 0 Å². The van der Waals surface area contributed by atoms with Gasteiger partial charge in [0, 0.05) is 11.1 Å². The number of aryl methyl sites for hydroxylation is 1. The number of methoxy groups -OCH3 is 1. The zero-order valence-electron chi connectivity index (χ0n) is 10.9. The second-order valence-corrected chi connectivity index (χ2v) is 4.43. The third-order valence-corrected chi connectivity index (χ3v) is 2.90. The Morgan fingerprint density at radius 2 is 2.05 bits per heavy atom. The van der Waals surface area contributed by atoms with Crippen LogP contribution in [0.2, 0.25) is 5.02 Å². The van der Waals surface area contributed by atoms with Crippen LogP contribution in [-0.4, -0.2) is 25.1 Å². The maximum Gasteiger partial charge on any atom is 0.312 e. The lowest BCUT2D eigenvalue weighted by Gasteiger charge is -2.15. The predicted molar refractivity (Wildman–Crippen MR) is 73.6 cm³/mol. The van der Waals surface area contributed by atoms with Gasteiger partial charge in [0.15, 0.2) is 0 Å². The molecule has 0 bridgehead atoms. The van der Waals surface area contributed by atoms with E-state index in [1.165, 1.54) is 14.0 Å². The third-order valence-electron chi connectivity index (χ3n) is 2.49. The summed E-state index contributed by atoms with van der Waals surface area (Å²) in [4.78, 5) is 22.5. The number of hydrogen-bond acceptors (Lipinski definition) is 3. The molecule has 1 rings (SSSR count). The van der Waals surface area contributed by atoms with Crippen LogP contribution in [-0.2, 0) is 4.79 Å². The summed E-state index contributed by atoms with van der Waals surface area (Å²) in [6.45, 7) is 3.33. The fraction of sp³-hybridized carbons (Fsp3) is 0.333. The average molecular weight is 286 g/mol. The molecule has 0 saturated heterocycles. The summed E-state index contributed by atoms with van der Waals surface area (Å²) < 4.78 is 5.13. The van der Waals surface area contributed by atoms with Crippen LogP contribution in [0.15, 0.2) is 12.1 Å². The molecule has 1 atom stereocenters. The molecular formula is C12H16ClN3O3. The minimum absolute atomic E-state index is 0.404. The highest BCUT2D eigenvalue weighted by atomic mass is 35.5. The zero-order chi connectivity index (χ0) is 14.6. The first kappa shape index (κ1) is 15.1. The van der Waals surface area contributed by atoms with Crippen LogP contribution in [0.1, 0.15) is 12.5 Å². The molecule has 0 heterocycles. The number of benzene rings is 1. The van der Waals surface area contributed by atoms with Crippen LogP contribution in [0.4, 0.5) is 10.5 Å². The van der Waals surface area contributed by atoms with Gasteiger partial charge in [0.1, 0.15) is 11.8 Å². The van der Waals surface area contributed by atoms with Crippen molar-refractivity contribution in [2.24, 2.45) is 5.73 Å². The summed E-state index contributed by atoms with van der Waals surface area (Å²) in [5, 5.41) is 5.47. The first-order valence-electron chi connectivity index (χ1n) is 5.56. The second-order valence-electron chi connectivity index (χ2n) is 4.02. The Kier molecular flexibility index (Phi) is 5.00. The molecule has 4 N–H and O–H groups in total. The number of halogens is 1. The van der Waals surface area contributed by atoms with Gasteiger partial charge < -0.3 is 21.1 Å². The number of nitrogens with two attached hydrogens (primary N) is 1. The molecule has 0 fully saturated rings. The average Bonchev–Trinajstić information content (AvgIpc) is 2.32. The van der Waals surface area contributed by atoms with Gasteiger partial charge in [-0.2, -0.15) is 0 Å². The van der Waals surface area contributed by atoms with Crippen molar-refractivity contribution < 1.29 is 14.3 Å². The van der Waals surface area contributed by atoms with Crippen LogP contribution >= 0.6 is 11.6 Å². The number of primary amides is 1. The van der Waals surface area contributed by atoms with E-state index in [0.29, 0.717) is 16.5 Å². The Morgan fingerprint density at radius 1 is 1.42 bits per heavy atom. The van der Waals surface area contributed by atoms with E-state index in [1.807, 2.05) is 6.92 Å². The number of carbonyl (C=O) groups excluding carboxylic acids is 2. The molecule has 0 saturated carbocycles. The van der Waals surface area contributed by atoms with Crippen molar-refractivity contribution in [2.45, 2.75) is 19.9 Å². The Balaban J connectivity index is 2.90. The summed E-state index contributed by atoms with van der Waals surface area (Å²) in [6, 6.07) is 1.79. The molecule has 0 spiro atoms. The lowest BCUT2D eigenvalue weighted by molar-refractivity contribution is -0.117. The maximum absolute atomic E-state index is 11.8. The van der Waals surface area contributed by atoms with E-state index in [9.17, 15) is 9.59 Å². The molecule has 0 aliphatic rings. The number of anilines is 1. The third kappa shape index (κ3) is 4.03. The largest absolute Gasteiger partial charge is 0.495 e. The summed E-state index contributed by atoms with van der Waals surface area (Å²) in [6.07, 6.45) is 0. The molecule has 19 heavy (non-hydrogen) atoms. The molecule has 0 aliphatic carbocycles. The zero-order valence-corrected chi connectivity index (χ0v) is 11.7. The van der Waals surface area contributed by atoms with Gasteiger partial charge in [-0.05, 0) is 25.5 Å². The molecule has 1 aromatic rings.